The summed E-state index contributed by atoms with van der Waals surface area (Å²) < 4.78 is 0. The highest BCUT2D eigenvalue weighted by Crippen LogP contribution is 2.34. The zero-order valence-corrected chi connectivity index (χ0v) is 13.3. The molecule has 2 aliphatic rings. The van der Waals surface area contributed by atoms with Crippen LogP contribution in [-0.4, -0.2) is 28.0 Å². The standard InChI is InChI=1S/C19H19N3O2/c23-19(16-13-18(24-21-16)15-5-2-1-3-6-15)22-12-4-7-17(22)14-8-10-20-11-9-14/h1-3,5-6,8-11,17-18H,4,7,12-13H2/t17-,18+/m1/s1. The van der Waals surface area contributed by atoms with Gasteiger partial charge in [0.2, 0.25) is 0 Å². The minimum atomic E-state index is -0.160. The van der Waals surface area contributed by atoms with Gasteiger partial charge in [-0.3, -0.25) is 9.78 Å². The first-order valence-electron chi connectivity index (χ1n) is 8.31. The monoisotopic (exact) mass is 321 g/mol. The van der Waals surface area contributed by atoms with Crippen molar-refractivity contribution in [1.29, 1.82) is 0 Å². The molecule has 1 amide bonds. The highest BCUT2D eigenvalue weighted by atomic mass is 16.6. The Morgan fingerprint density at radius 3 is 2.67 bits per heavy atom. The second-order valence-corrected chi connectivity index (χ2v) is 6.18. The van der Waals surface area contributed by atoms with Crippen LogP contribution in [0, 0.1) is 0 Å². The lowest BCUT2D eigenvalue weighted by Crippen LogP contribution is -2.35. The van der Waals surface area contributed by atoms with Crippen LogP contribution < -0.4 is 0 Å². The Hall–Kier alpha value is -2.69. The lowest BCUT2D eigenvalue weighted by Gasteiger charge is -2.24. The van der Waals surface area contributed by atoms with Gasteiger partial charge in [0.15, 0.2) is 6.10 Å². The molecular weight excluding hydrogens is 302 g/mol. The van der Waals surface area contributed by atoms with Crippen molar-refractivity contribution in [2.75, 3.05) is 6.54 Å². The van der Waals surface area contributed by atoms with E-state index < -0.39 is 0 Å². The number of benzene rings is 1. The van der Waals surface area contributed by atoms with Crippen molar-refractivity contribution in [2.24, 2.45) is 5.16 Å². The summed E-state index contributed by atoms with van der Waals surface area (Å²) in [6, 6.07) is 14.0. The molecule has 1 aromatic heterocycles. The van der Waals surface area contributed by atoms with Gasteiger partial charge in [-0.2, -0.15) is 0 Å². The van der Waals surface area contributed by atoms with Crippen LogP contribution >= 0.6 is 0 Å². The van der Waals surface area contributed by atoms with Crippen LogP contribution in [0.5, 0.6) is 0 Å². The molecular formula is C19H19N3O2. The summed E-state index contributed by atoms with van der Waals surface area (Å²) in [6.45, 7) is 0.765. The van der Waals surface area contributed by atoms with Gasteiger partial charge in [-0.05, 0) is 36.1 Å². The zero-order valence-electron chi connectivity index (χ0n) is 13.3. The van der Waals surface area contributed by atoms with E-state index in [0.29, 0.717) is 12.1 Å². The minimum absolute atomic E-state index is 0.00672. The van der Waals surface area contributed by atoms with E-state index in [1.807, 2.05) is 47.4 Å². The molecule has 2 aromatic rings. The molecule has 3 heterocycles. The number of carbonyl (C=O) groups excluding carboxylic acids is 1. The van der Waals surface area contributed by atoms with Gasteiger partial charge in [-0.1, -0.05) is 35.5 Å². The molecule has 0 radical (unpaired) electrons. The first-order chi connectivity index (χ1) is 11.8. The van der Waals surface area contributed by atoms with E-state index in [1.165, 1.54) is 0 Å². The molecule has 0 aliphatic carbocycles. The topological polar surface area (TPSA) is 54.8 Å². The third-order valence-corrected chi connectivity index (χ3v) is 4.69. The molecule has 24 heavy (non-hydrogen) atoms. The molecule has 0 unspecified atom stereocenters. The molecule has 0 spiro atoms. The zero-order chi connectivity index (χ0) is 16.4. The van der Waals surface area contributed by atoms with Gasteiger partial charge in [0.1, 0.15) is 5.71 Å². The molecule has 5 nitrogen and oxygen atoms in total. The van der Waals surface area contributed by atoms with Gasteiger partial charge in [0, 0.05) is 25.4 Å². The highest BCUT2D eigenvalue weighted by molar-refractivity contribution is 6.39. The summed E-state index contributed by atoms with van der Waals surface area (Å²) in [5.41, 5.74) is 2.70. The Morgan fingerprint density at radius 1 is 1.08 bits per heavy atom. The van der Waals surface area contributed by atoms with Gasteiger partial charge in [0.25, 0.3) is 5.91 Å². The molecule has 1 saturated heterocycles. The van der Waals surface area contributed by atoms with Gasteiger partial charge in [-0.25, -0.2) is 0 Å². The number of hydrogen-bond acceptors (Lipinski definition) is 4. The molecule has 0 saturated carbocycles. The fourth-order valence-corrected chi connectivity index (χ4v) is 3.46. The minimum Gasteiger partial charge on any atom is -0.387 e. The van der Waals surface area contributed by atoms with E-state index in [-0.39, 0.29) is 18.1 Å². The van der Waals surface area contributed by atoms with Gasteiger partial charge < -0.3 is 9.74 Å². The predicted molar refractivity (Wildman–Crippen MR) is 90.2 cm³/mol. The Labute approximate surface area is 141 Å². The van der Waals surface area contributed by atoms with Gasteiger partial charge >= 0.3 is 0 Å². The Morgan fingerprint density at radius 2 is 1.88 bits per heavy atom. The van der Waals surface area contributed by atoms with Crippen molar-refractivity contribution in [3.05, 3.63) is 66.0 Å². The Balaban J connectivity index is 1.48. The first kappa shape index (κ1) is 14.9. The maximum Gasteiger partial charge on any atom is 0.272 e. The number of amides is 1. The molecule has 2 atom stereocenters. The number of pyridine rings is 1. The Bertz CT molecular complexity index is 746. The summed E-state index contributed by atoms with van der Waals surface area (Å²) >= 11 is 0. The van der Waals surface area contributed by atoms with Crippen molar-refractivity contribution < 1.29 is 9.63 Å². The third-order valence-electron chi connectivity index (χ3n) is 4.69. The summed E-state index contributed by atoms with van der Waals surface area (Å²) in [5.74, 6) is -0.00672. The van der Waals surface area contributed by atoms with Crippen LogP contribution in [0.25, 0.3) is 0 Å². The molecule has 1 aromatic carbocycles. The first-order valence-corrected chi connectivity index (χ1v) is 8.31. The normalized spacial score (nSPS) is 23.0. The van der Waals surface area contributed by atoms with Crippen LogP contribution in [0.2, 0.25) is 0 Å². The maximum absolute atomic E-state index is 12.9. The maximum atomic E-state index is 12.9. The number of aromatic nitrogens is 1. The molecule has 0 bridgehead atoms. The highest BCUT2D eigenvalue weighted by Gasteiger charge is 2.36. The van der Waals surface area contributed by atoms with Crippen molar-refractivity contribution >= 4 is 11.6 Å². The van der Waals surface area contributed by atoms with Crippen LogP contribution in [0.3, 0.4) is 0 Å². The smallest absolute Gasteiger partial charge is 0.272 e. The third kappa shape index (κ3) is 2.77. The van der Waals surface area contributed by atoms with Crippen LogP contribution in [0.15, 0.2) is 60.0 Å². The number of nitrogens with zero attached hydrogens (tertiary/aromatic N) is 3. The van der Waals surface area contributed by atoms with Crippen molar-refractivity contribution in [3.8, 4) is 0 Å². The quantitative estimate of drug-likeness (QED) is 0.872. The summed E-state index contributed by atoms with van der Waals surface area (Å²) in [5, 5.41) is 4.08. The average molecular weight is 321 g/mol. The van der Waals surface area contributed by atoms with Crippen molar-refractivity contribution in [2.45, 2.75) is 31.4 Å². The number of hydrogen-bond donors (Lipinski definition) is 0. The van der Waals surface area contributed by atoms with Gasteiger partial charge in [0.05, 0.1) is 6.04 Å². The van der Waals surface area contributed by atoms with Crippen LogP contribution in [-0.2, 0) is 9.63 Å². The second-order valence-electron chi connectivity index (χ2n) is 6.18. The number of carbonyl (C=O) groups is 1. The fourth-order valence-electron chi connectivity index (χ4n) is 3.46. The molecule has 5 heteroatoms. The van der Waals surface area contributed by atoms with E-state index in [1.54, 1.807) is 12.4 Å². The van der Waals surface area contributed by atoms with Crippen molar-refractivity contribution in [3.63, 3.8) is 0 Å². The lowest BCUT2D eigenvalue weighted by atomic mass is 10.0. The van der Waals surface area contributed by atoms with E-state index >= 15 is 0 Å². The predicted octanol–water partition coefficient (Wildman–Crippen LogP) is 3.26. The van der Waals surface area contributed by atoms with E-state index in [4.69, 9.17) is 4.84 Å². The fraction of sp³-hybridized carbons (Fsp3) is 0.316. The van der Waals surface area contributed by atoms with E-state index in [0.717, 1.165) is 30.5 Å². The number of likely N-dealkylation sites (tertiary alicyclic amines) is 1. The molecule has 0 N–H and O–H groups in total. The second kappa shape index (κ2) is 6.43. The lowest BCUT2D eigenvalue weighted by molar-refractivity contribution is -0.125. The molecule has 122 valence electrons. The molecule has 2 aliphatic heterocycles. The van der Waals surface area contributed by atoms with E-state index in [9.17, 15) is 4.79 Å². The van der Waals surface area contributed by atoms with Crippen LogP contribution in [0.4, 0.5) is 0 Å². The summed E-state index contributed by atoms with van der Waals surface area (Å²) in [7, 11) is 0. The molecule has 4 rings (SSSR count). The number of oxime groups is 1. The SMILES string of the molecule is O=C(C1=NO[C@H](c2ccccc2)C1)N1CCC[C@@H]1c1ccncc1. The van der Waals surface area contributed by atoms with E-state index in [2.05, 4.69) is 10.1 Å². The largest absolute Gasteiger partial charge is 0.387 e. The summed E-state index contributed by atoms with van der Waals surface area (Å²) in [6.07, 6.45) is 5.91. The summed E-state index contributed by atoms with van der Waals surface area (Å²) in [4.78, 5) is 24.4. The van der Waals surface area contributed by atoms with Crippen molar-refractivity contribution in [1.82, 2.24) is 9.88 Å². The van der Waals surface area contributed by atoms with Gasteiger partial charge in [-0.15, -0.1) is 0 Å². The average Bonchev–Trinajstić information content (AvgIpc) is 3.32. The number of rotatable bonds is 3. The van der Waals surface area contributed by atoms with Crippen LogP contribution in [0.1, 0.15) is 42.5 Å². The Kier molecular flexibility index (Phi) is 3.99. The molecule has 1 fully saturated rings.